The van der Waals surface area contributed by atoms with Crippen LogP contribution in [0.15, 0.2) is 29.3 Å². The summed E-state index contributed by atoms with van der Waals surface area (Å²) >= 11 is 0. The van der Waals surface area contributed by atoms with Gasteiger partial charge in [-0.25, -0.2) is 4.99 Å². The maximum atomic E-state index is 12.0. The molecule has 0 bridgehead atoms. The lowest BCUT2D eigenvalue weighted by atomic mass is 10.1. The second-order valence-electron chi connectivity index (χ2n) is 7.37. The summed E-state index contributed by atoms with van der Waals surface area (Å²) in [5.74, 6) is 0.842. The molecule has 1 amide bonds. The van der Waals surface area contributed by atoms with Crippen molar-refractivity contribution in [1.29, 1.82) is 0 Å². The Morgan fingerprint density at radius 3 is 2.52 bits per heavy atom. The van der Waals surface area contributed by atoms with Gasteiger partial charge in [0, 0.05) is 58.4 Å². The number of hydrogen-bond acceptors (Lipinski definition) is 4. The summed E-state index contributed by atoms with van der Waals surface area (Å²) < 4.78 is 0. The molecule has 7 nitrogen and oxygen atoms in total. The number of amides is 1. The van der Waals surface area contributed by atoms with Crippen LogP contribution in [0.3, 0.4) is 0 Å². The molecule has 27 heavy (non-hydrogen) atoms. The van der Waals surface area contributed by atoms with Crippen molar-refractivity contribution in [3.8, 4) is 0 Å². The van der Waals surface area contributed by atoms with Crippen molar-refractivity contribution in [2.24, 2.45) is 4.99 Å². The number of carbonyl (C=O) groups excluding carboxylic acids is 1. The highest BCUT2D eigenvalue weighted by Gasteiger charge is 2.22. The van der Waals surface area contributed by atoms with Gasteiger partial charge in [0.25, 0.3) is 5.91 Å². The predicted molar refractivity (Wildman–Crippen MR) is 111 cm³/mol. The van der Waals surface area contributed by atoms with Crippen molar-refractivity contribution in [2.75, 3.05) is 60.9 Å². The van der Waals surface area contributed by atoms with Crippen LogP contribution >= 0.6 is 0 Å². The maximum Gasteiger partial charge on any atom is 0.253 e. The Labute approximate surface area is 163 Å². The summed E-state index contributed by atoms with van der Waals surface area (Å²) in [7, 11) is 7.87. The lowest BCUT2D eigenvalue weighted by molar-refractivity contribution is 0.0827. The van der Waals surface area contributed by atoms with E-state index >= 15 is 0 Å². The number of piperazine rings is 1. The highest BCUT2D eigenvalue weighted by molar-refractivity contribution is 5.93. The average molecular weight is 375 g/mol. The van der Waals surface area contributed by atoms with Crippen molar-refractivity contribution < 1.29 is 4.79 Å². The van der Waals surface area contributed by atoms with Gasteiger partial charge in [0.15, 0.2) is 5.96 Å². The Bertz CT molecular complexity index is 628. The van der Waals surface area contributed by atoms with Crippen molar-refractivity contribution in [3.05, 3.63) is 35.4 Å². The largest absolute Gasteiger partial charge is 0.357 e. The number of likely N-dealkylation sites (N-methyl/N-ethyl adjacent to an activating group) is 2. The van der Waals surface area contributed by atoms with Crippen LogP contribution in [0.2, 0.25) is 0 Å². The molecule has 1 heterocycles. The number of hydrogen-bond donors (Lipinski definition) is 2. The van der Waals surface area contributed by atoms with Crippen LogP contribution in [0.1, 0.15) is 22.8 Å². The fourth-order valence-electron chi connectivity index (χ4n) is 3.06. The number of benzene rings is 1. The van der Waals surface area contributed by atoms with Gasteiger partial charge >= 0.3 is 0 Å². The smallest absolute Gasteiger partial charge is 0.253 e. The summed E-state index contributed by atoms with van der Waals surface area (Å²) in [5, 5.41) is 6.77. The monoisotopic (exact) mass is 374 g/mol. The van der Waals surface area contributed by atoms with E-state index in [9.17, 15) is 4.79 Å². The van der Waals surface area contributed by atoms with Gasteiger partial charge < -0.3 is 20.4 Å². The van der Waals surface area contributed by atoms with Gasteiger partial charge in [0.2, 0.25) is 0 Å². The Balaban J connectivity index is 1.93. The third-order valence-electron chi connectivity index (χ3n) is 4.86. The molecule has 1 aliphatic rings. The first-order valence-corrected chi connectivity index (χ1v) is 9.62. The van der Waals surface area contributed by atoms with Gasteiger partial charge in [-0.2, -0.15) is 0 Å². The molecule has 0 spiro atoms. The summed E-state index contributed by atoms with van der Waals surface area (Å²) in [5.41, 5.74) is 1.78. The predicted octanol–water partition coefficient (Wildman–Crippen LogP) is 0.689. The van der Waals surface area contributed by atoms with E-state index in [1.165, 1.54) is 0 Å². The van der Waals surface area contributed by atoms with Crippen LogP contribution < -0.4 is 10.6 Å². The fourth-order valence-corrected chi connectivity index (χ4v) is 3.06. The molecule has 0 aliphatic carbocycles. The Morgan fingerprint density at radius 2 is 1.89 bits per heavy atom. The van der Waals surface area contributed by atoms with E-state index in [1.807, 2.05) is 24.3 Å². The summed E-state index contributed by atoms with van der Waals surface area (Å²) in [6.07, 6.45) is 0. The molecule has 1 unspecified atom stereocenters. The Hall–Kier alpha value is -2.12. The van der Waals surface area contributed by atoms with Crippen LogP contribution in [-0.4, -0.2) is 93.5 Å². The molecule has 150 valence electrons. The van der Waals surface area contributed by atoms with Gasteiger partial charge in [-0.1, -0.05) is 12.1 Å². The van der Waals surface area contributed by atoms with Crippen LogP contribution in [0.4, 0.5) is 0 Å². The topological polar surface area (TPSA) is 63.2 Å². The molecule has 1 aromatic carbocycles. The molecule has 0 saturated carbocycles. The van der Waals surface area contributed by atoms with Gasteiger partial charge in [-0.15, -0.1) is 0 Å². The number of nitrogens with one attached hydrogen (secondary N) is 2. The van der Waals surface area contributed by atoms with Gasteiger partial charge in [-0.3, -0.25) is 9.69 Å². The fraction of sp³-hybridized carbons (Fsp3) is 0.600. The minimum Gasteiger partial charge on any atom is -0.357 e. The molecule has 7 heteroatoms. The van der Waals surface area contributed by atoms with Crippen molar-refractivity contribution in [2.45, 2.75) is 19.5 Å². The molecular weight excluding hydrogens is 340 g/mol. The van der Waals surface area contributed by atoms with Crippen molar-refractivity contribution >= 4 is 11.9 Å². The average Bonchev–Trinajstić information content (AvgIpc) is 2.66. The van der Waals surface area contributed by atoms with Gasteiger partial charge in [-0.05, 0) is 38.7 Å². The zero-order valence-electron chi connectivity index (χ0n) is 17.3. The first-order valence-electron chi connectivity index (χ1n) is 9.62. The molecule has 0 aromatic heterocycles. The summed E-state index contributed by atoms with van der Waals surface area (Å²) in [4.78, 5) is 23.0. The van der Waals surface area contributed by atoms with Gasteiger partial charge in [0.05, 0.1) is 6.54 Å². The van der Waals surface area contributed by atoms with E-state index in [0.29, 0.717) is 18.2 Å². The molecule has 1 aliphatic heterocycles. The van der Waals surface area contributed by atoms with Crippen molar-refractivity contribution in [3.63, 3.8) is 0 Å². The van der Waals surface area contributed by atoms with Crippen LogP contribution in [0.25, 0.3) is 0 Å². The van der Waals surface area contributed by atoms with E-state index in [0.717, 1.165) is 44.2 Å². The molecule has 1 saturated heterocycles. The highest BCUT2D eigenvalue weighted by atomic mass is 16.2. The van der Waals surface area contributed by atoms with E-state index in [1.54, 1.807) is 19.0 Å². The molecular formula is C20H34N6O. The van der Waals surface area contributed by atoms with Gasteiger partial charge in [0.1, 0.15) is 0 Å². The second kappa shape index (κ2) is 10.3. The second-order valence-corrected chi connectivity index (χ2v) is 7.37. The first-order chi connectivity index (χ1) is 12.9. The third-order valence-corrected chi connectivity index (χ3v) is 4.86. The number of nitrogens with zero attached hydrogens (tertiary/aromatic N) is 4. The molecule has 0 radical (unpaired) electrons. The van der Waals surface area contributed by atoms with Crippen LogP contribution in [0.5, 0.6) is 0 Å². The van der Waals surface area contributed by atoms with Crippen LogP contribution in [0, 0.1) is 0 Å². The standard InChI is InChI=1S/C20H34N6O/c1-6-21-20(23-14-18-15-25(4)11-12-26(18)5)22-13-16-7-9-17(10-8-16)19(27)24(2)3/h7-10,18H,6,11-15H2,1-5H3,(H2,21,22,23). The summed E-state index contributed by atoms with van der Waals surface area (Å²) in [6, 6.07) is 8.13. The van der Waals surface area contributed by atoms with E-state index < -0.39 is 0 Å². The minimum atomic E-state index is 0.0154. The number of carbonyl (C=O) groups is 1. The lowest BCUT2D eigenvalue weighted by Gasteiger charge is -2.37. The first kappa shape index (κ1) is 21.2. The maximum absolute atomic E-state index is 12.0. The van der Waals surface area contributed by atoms with E-state index in [2.05, 4.69) is 46.4 Å². The molecule has 1 atom stereocenters. The highest BCUT2D eigenvalue weighted by Crippen LogP contribution is 2.08. The number of rotatable bonds is 6. The lowest BCUT2D eigenvalue weighted by Crippen LogP contribution is -2.55. The minimum absolute atomic E-state index is 0.0154. The SMILES string of the molecule is CCNC(=NCc1ccc(C(=O)N(C)C)cc1)NCC1CN(C)CCN1C. The zero-order chi connectivity index (χ0) is 19.8. The Morgan fingerprint density at radius 1 is 1.19 bits per heavy atom. The molecule has 2 rings (SSSR count). The van der Waals surface area contributed by atoms with E-state index in [-0.39, 0.29) is 5.91 Å². The molecule has 2 N–H and O–H groups in total. The number of guanidine groups is 1. The third kappa shape index (κ3) is 6.52. The number of aliphatic imine (C=N–C) groups is 1. The van der Waals surface area contributed by atoms with E-state index in [4.69, 9.17) is 0 Å². The Kier molecular flexibility index (Phi) is 8.06. The zero-order valence-corrected chi connectivity index (χ0v) is 17.3. The normalized spacial score (nSPS) is 19.0. The summed E-state index contributed by atoms with van der Waals surface area (Å²) in [6.45, 7) is 7.60. The molecule has 1 fully saturated rings. The quantitative estimate of drug-likeness (QED) is 0.567. The van der Waals surface area contributed by atoms with Crippen LogP contribution in [-0.2, 0) is 6.54 Å². The van der Waals surface area contributed by atoms with Crippen molar-refractivity contribution in [1.82, 2.24) is 25.3 Å². The molecule has 1 aromatic rings.